The third kappa shape index (κ3) is 4.71. The molecule has 164 valence electrons. The summed E-state index contributed by atoms with van der Waals surface area (Å²) in [7, 11) is -3.60. The van der Waals surface area contributed by atoms with Crippen LogP contribution in [-0.4, -0.2) is 53.9 Å². The van der Waals surface area contributed by atoms with E-state index < -0.39 is 10.0 Å². The molecule has 1 aromatic heterocycles. The zero-order valence-electron chi connectivity index (χ0n) is 18.2. The van der Waals surface area contributed by atoms with Crippen LogP contribution in [0.1, 0.15) is 32.5 Å². The lowest BCUT2D eigenvalue weighted by molar-refractivity contribution is 0.176. The van der Waals surface area contributed by atoms with Crippen molar-refractivity contribution in [3.63, 3.8) is 0 Å². The summed E-state index contributed by atoms with van der Waals surface area (Å²) >= 11 is 0. The van der Waals surface area contributed by atoms with Crippen molar-refractivity contribution in [2.24, 2.45) is 0 Å². The molecule has 0 N–H and O–H groups in total. The highest BCUT2D eigenvalue weighted by molar-refractivity contribution is 7.89. The van der Waals surface area contributed by atoms with Gasteiger partial charge in [0.05, 0.1) is 11.4 Å². The fraction of sp³-hybridized carbons (Fsp3) is 0.391. The highest BCUT2D eigenvalue weighted by Crippen LogP contribution is 2.30. The van der Waals surface area contributed by atoms with E-state index in [9.17, 15) is 8.42 Å². The molecule has 0 spiro atoms. The van der Waals surface area contributed by atoms with E-state index in [2.05, 4.69) is 15.0 Å². The molecule has 0 unspecified atom stereocenters. The van der Waals surface area contributed by atoms with E-state index in [4.69, 9.17) is 4.52 Å². The molecular weight excluding hydrogens is 412 g/mol. The van der Waals surface area contributed by atoms with Crippen LogP contribution >= 0.6 is 0 Å². The van der Waals surface area contributed by atoms with Crippen LogP contribution in [0.4, 0.5) is 0 Å². The molecule has 3 aromatic rings. The Kier molecular flexibility index (Phi) is 5.96. The first-order valence-corrected chi connectivity index (χ1v) is 11.9. The Hall–Kier alpha value is -2.55. The Balaban J connectivity index is 1.46. The van der Waals surface area contributed by atoms with Crippen LogP contribution in [0.25, 0.3) is 11.1 Å². The summed E-state index contributed by atoms with van der Waals surface area (Å²) in [4.78, 5) is 6.99. The molecule has 0 amide bonds. The van der Waals surface area contributed by atoms with Gasteiger partial charge in [0, 0.05) is 37.2 Å². The van der Waals surface area contributed by atoms with Gasteiger partial charge in [-0.25, -0.2) is 8.42 Å². The third-order valence-corrected chi connectivity index (χ3v) is 7.35. The average Bonchev–Trinajstić information content (AvgIpc) is 3.24. The average molecular weight is 441 g/mol. The molecule has 7 nitrogen and oxygen atoms in total. The lowest BCUT2D eigenvalue weighted by Gasteiger charge is -2.33. The molecule has 1 saturated heterocycles. The van der Waals surface area contributed by atoms with Crippen LogP contribution in [0.15, 0.2) is 64.0 Å². The summed E-state index contributed by atoms with van der Waals surface area (Å²) in [6.07, 6.45) is 0. The number of benzene rings is 2. The zero-order valence-corrected chi connectivity index (χ0v) is 19.0. The largest absolute Gasteiger partial charge is 0.339 e. The topological polar surface area (TPSA) is 79.5 Å². The molecule has 1 aliphatic heterocycles. The van der Waals surface area contributed by atoms with Gasteiger partial charge >= 0.3 is 0 Å². The highest BCUT2D eigenvalue weighted by Gasteiger charge is 2.31. The van der Waals surface area contributed by atoms with Crippen molar-refractivity contribution in [2.75, 3.05) is 26.2 Å². The van der Waals surface area contributed by atoms with Gasteiger partial charge in [0.25, 0.3) is 0 Å². The summed E-state index contributed by atoms with van der Waals surface area (Å²) in [6.45, 7) is 8.72. The number of piperazine rings is 1. The van der Waals surface area contributed by atoms with E-state index in [1.165, 1.54) is 0 Å². The van der Waals surface area contributed by atoms with E-state index in [0.29, 0.717) is 49.3 Å². The van der Waals surface area contributed by atoms with Gasteiger partial charge in [0.15, 0.2) is 5.82 Å². The molecule has 0 atom stereocenters. The minimum atomic E-state index is -3.60. The lowest BCUT2D eigenvalue weighted by atomic mass is 9.97. The van der Waals surface area contributed by atoms with Crippen molar-refractivity contribution in [2.45, 2.75) is 37.6 Å². The second kappa shape index (κ2) is 8.53. The second-order valence-corrected chi connectivity index (χ2v) is 10.7. The quantitative estimate of drug-likeness (QED) is 0.604. The molecular formula is C23H28N4O3S. The van der Waals surface area contributed by atoms with Crippen molar-refractivity contribution in [3.05, 3.63) is 66.3 Å². The molecule has 2 heterocycles. The fourth-order valence-electron chi connectivity index (χ4n) is 3.64. The van der Waals surface area contributed by atoms with Gasteiger partial charge in [-0.2, -0.15) is 9.29 Å². The van der Waals surface area contributed by atoms with Crippen molar-refractivity contribution in [3.8, 4) is 11.1 Å². The summed E-state index contributed by atoms with van der Waals surface area (Å²) in [5.41, 5.74) is 1.43. The Morgan fingerprint density at radius 2 is 1.58 bits per heavy atom. The zero-order chi connectivity index (χ0) is 22.1. The highest BCUT2D eigenvalue weighted by atomic mass is 32.2. The summed E-state index contributed by atoms with van der Waals surface area (Å²) in [5.74, 6) is 1.25. The van der Waals surface area contributed by atoms with Gasteiger partial charge in [-0.1, -0.05) is 74.5 Å². The molecule has 2 aromatic carbocycles. The maximum Gasteiger partial charge on any atom is 0.243 e. The smallest absolute Gasteiger partial charge is 0.243 e. The Morgan fingerprint density at radius 1 is 0.935 bits per heavy atom. The van der Waals surface area contributed by atoms with Gasteiger partial charge in [-0.3, -0.25) is 4.90 Å². The van der Waals surface area contributed by atoms with Crippen LogP contribution < -0.4 is 0 Å². The Morgan fingerprint density at radius 3 is 2.23 bits per heavy atom. The number of hydrogen-bond donors (Lipinski definition) is 0. The van der Waals surface area contributed by atoms with Gasteiger partial charge in [-0.05, 0) is 11.6 Å². The van der Waals surface area contributed by atoms with E-state index in [1.54, 1.807) is 16.4 Å². The standard InChI is InChI=1S/C23H28N4O3S/c1-23(2,3)22-24-21(25-30-22)17-26-13-15-27(16-14-26)31(28,29)20-12-8-7-11-19(20)18-9-5-4-6-10-18/h4-12H,13-17H2,1-3H3. The Bertz CT molecular complexity index is 1130. The SMILES string of the molecule is CC(C)(C)c1nc(CN2CCN(S(=O)(=O)c3ccccc3-c3ccccc3)CC2)no1. The van der Waals surface area contributed by atoms with Crippen molar-refractivity contribution < 1.29 is 12.9 Å². The first-order valence-electron chi connectivity index (χ1n) is 10.5. The molecule has 0 aliphatic carbocycles. The second-order valence-electron chi connectivity index (χ2n) is 8.81. The van der Waals surface area contributed by atoms with Crippen LogP contribution in [0.5, 0.6) is 0 Å². The molecule has 1 fully saturated rings. The summed E-state index contributed by atoms with van der Waals surface area (Å²) < 4.78 is 33.8. The first-order chi connectivity index (χ1) is 14.7. The van der Waals surface area contributed by atoms with E-state index in [-0.39, 0.29) is 5.41 Å². The predicted octanol–water partition coefficient (Wildman–Crippen LogP) is 3.54. The lowest BCUT2D eigenvalue weighted by Crippen LogP contribution is -2.48. The monoisotopic (exact) mass is 440 g/mol. The van der Waals surface area contributed by atoms with Crippen LogP contribution in [-0.2, 0) is 22.0 Å². The molecule has 0 saturated carbocycles. The van der Waals surface area contributed by atoms with Crippen molar-refractivity contribution in [1.29, 1.82) is 0 Å². The molecule has 0 radical (unpaired) electrons. The minimum Gasteiger partial charge on any atom is -0.339 e. The number of sulfonamides is 1. The predicted molar refractivity (Wildman–Crippen MR) is 119 cm³/mol. The van der Waals surface area contributed by atoms with E-state index >= 15 is 0 Å². The number of hydrogen-bond acceptors (Lipinski definition) is 6. The first kappa shape index (κ1) is 21.7. The summed E-state index contributed by atoms with van der Waals surface area (Å²) in [6, 6.07) is 16.8. The summed E-state index contributed by atoms with van der Waals surface area (Å²) in [5, 5.41) is 4.08. The van der Waals surface area contributed by atoms with Crippen molar-refractivity contribution in [1.82, 2.24) is 19.3 Å². The van der Waals surface area contributed by atoms with Gasteiger partial charge in [0.2, 0.25) is 15.9 Å². The van der Waals surface area contributed by atoms with Gasteiger partial charge < -0.3 is 4.52 Å². The maximum absolute atomic E-state index is 13.4. The van der Waals surface area contributed by atoms with Crippen molar-refractivity contribution >= 4 is 10.0 Å². The number of aromatic nitrogens is 2. The van der Waals surface area contributed by atoms with E-state index in [0.717, 1.165) is 11.1 Å². The third-order valence-electron chi connectivity index (χ3n) is 5.40. The van der Waals surface area contributed by atoms with Crippen LogP contribution in [0.2, 0.25) is 0 Å². The Labute approximate surface area is 183 Å². The maximum atomic E-state index is 13.4. The van der Waals surface area contributed by atoms with Gasteiger partial charge in [-0.15, -0.1) is 0 Å². The van der Waals surface area contributed by atoms with Crippen LogP contribution in [0.3, 0.4) is 0 Å². The van der Waals surface area contributed by atoms with Gasteiger partial charge in [0.1, 0.15) is 0 Å². The molecule has 4 rings (SSSR count). The fourth-order valence-corrected chi connectivity index (χ4v) is 5.27. The minimum absolute atomic E-state index is 0.190. The van der Waals surface area contributed by atoms with Crippen LogP contribution in [0, 0.1) is 0 Å². The normalized spacial score (nSPS) is 16.5. The number of nitrogens with zero attached hydrogens (tertiary/aromatic N) is 4. The molecule has 8 heteroatoms. The molecule has 0 bridgehead atoms. The molecule has 31 heavy (non-hydrogen) atoms. The van der Waals surface area contributed by atoms with E-state index in [1.807, 2.05) is 63.2 Å². The number of rotatable bonds is 5. The molecule has 1 aliphatic rings.